The topological polar surface area (TPSA) is 27.6 Å². The standard InChI is InChI=1S/C16H23N3/c1-17-15(19-11-5-6-12-19)18-13-16(9-10-16)14-7-3-2-4-8-14/h2-4,7-8H,5-6,9-13H2,1H3,(H,17,18). The van der Waals surface area contributed by atoms with Crippen molar-refractivity contribution in [2.45, 2.75) is 31.1 Å². The predicted molar refractivity (Wildman–Crippen MR) is 79.5 cm³/mol. The zero-order valence-electron chi connectivity index (χ0n) is 11.7. The van der Waals surface area contributed by atoms with Crippen LogP contribution in [0.5, 0.6) is 0 Å². The Morgan fingerprint density at radius 2 is 1.89 bits per heavy atom. The highest BCUT2D eigenvalue weighted by Crippen LogP contribution is 2.47. The lowest BCUT2D eigenvalue weighted by Crippen LogP contribution is -2.42. The Balaban J connectivity index is 1.62. The second kappa shape index (κ2) is 5.24. The summed E-state index contributed by atoms with van der Waals surface area (Å²) in [6.07, 6.45) is 5.18. The lowest BCUT2D eigenvalue weighted by Gasteiger charge is -2.24. The smallest absolute Gasteiger partial charge is 0.193 e. The zero-order chi connectivity index (χ0) is 13.1. The lowest BCUT2D eigenvalue weighted by atomic mass is 9.96. The van der Waals surface area contributed by atoms with Crippen molar-refractivity contribution >= 4 is 5.96 Å². The van der Waals surface area contributed by atoms with Crippen LogP contribution in [0.2, 0.25) is 0 Å². The van der Waals surface area contributed by atoms with Gasteiger partial charge in [-0.1, -0.05) is 30.3 Å². The van der Waals surface area contributed by atoms with Crippen molar-refractivity contribution in [1.29, 1.82) is 0 Å². The van der Waals surface area contributed by atoms with Gasteiger partial charge in [0.05, 0.1) is 0 Å². The van der Waals surface area contributed by atoms with Crippen LogP contribution in [0, 0.1) is 0 Å². The molecule has 1 heterocycles. The SMILES string of the molecule is CN=C(NCC1(c2ccccc2)CC1)N1CCCC1. The van der Waals surface area contributed by atoms with E-state index in [-0.39, 0.29) is 0 Å². The largest absolute Gasteiger partial charge is 0.355 e. The van der Waals surface area contributed by atoms with Crippen molar-refractivity contribution in [3.05, 3.63) is 35.9 Å². The first-order valence-corrected chi connectivity index (χ1v) is 7.35. The fourth-order valence-corrected chi connectivity index (χ4v) is 3.02. The van der Waals surface area contributed by atoms with E-state index in [4.69, 9.17) is 0 Å². The summed E-state index contributed by atoms with van der Waals surface area (Å²) in [5, 5.41) is 3.59. The summed E-state index contributed by atoms with van der Waals surface area (Å²) in [6, 6.07) is 10.9. The number of rotatable bonds is 3. The molecule has 0 unspecified atom stereocenters. The van der Waals surface area contributed by atoms with Crippen molar-refractivity contribution in [2.24, 2.45) is 4.99 Å². The molecule has 1 aromatic carbocycles. The molecule has 2 fully saturated rings. The van der Waals surface area contributed by atoms with Gasteiger partial charge in [-0.25, -0.2) is 0 Å². The average Bonchev–Trinajstić information content (AvgIpc) is 3.06. The molecule has 0 atom stereocenters. The van der Waals surface area contributed by atoms with Crippen LogP contribution in [-0.2, 0) is 5.41 Å². The first-order chi connectivity index (χ1) is 9.34. The van der Waals surface area contributed by atoms with Crippen LogP contribution in [0.25, 0.3) is 0 Å². The first-order valence-electron chi connectivity index (χ1n) is 7.35. The fraction of sp³-hybridized carbons (Fsp3) is 0.562. The highest BCUT2D eigenvalue weighted by Gasteiger charge is 2.44. The van der Waals surface area contributed by atoms with Gasteiger partial charge in [-0.2, -0.15) is 0 Å². The molecule has 0 aromatic heterocycles. The third-order valence-corrected chi connectivity index (χ3v) is 4.44. The molecule has 102 valence electrons. The van der Waals surface area contributed by atoms with Crippen LogP contribution in [0.1, 0.15) is 31.2 Å². The Labute approximate surface area is 115 Å². The lowest BCUT2D eigenvalue weighted by molar-refractivity contribution is 0.485. The molecule has 1 saturated carbocycles. The molecule has 1 aromatic rings. The minimum Gasteiger partial charge on any atom is -0.355 e. The van der Waals surface area contributed by atoms with Gasteiger partial charge in [0.15, 0.2) is 5.96 Å². The minimum absolute atomic E-state index is 0.358. The molecule has 0 radical (unpaired) electrons. The van der Waals surface area contributed by atoms with Gasteiger partial charge in [0.1, 0.15) is 0 Å². The third-order valence-electron chi connectivity index (χ3n) is 4.44. The Kier molecular flexibility index (Phi) is 3.45. The quantitative estimate of drug-likeness (QED) is 0.665. The molecule has 3 heteroatoms. The summed E-state index contributed by atoms with van der Waals surface area (Å²) in [5.41, 5.74) is 1.83. The van der Waals surface area contributed by atoms with E-state index in [1.165, 1.54) is 31.2 Å². The summed E-state index contributed by atoms with van der Waals surface area (Å²) < 4.78 is 0. The molecule has 1 aliphatic heterocycles. The van der Waals surface area contributed by atoms with E-state index in [1.54, 1.807) is 0 Å². The van der Waals surface area contributed by atoms with Crippen LogP contribution in [0.3, 0.4) is 0 Å². The Hall–Kier alpha value is -1.51. The van der Waals surface area contributed by atoms with E-state index in [9.17, 15) is 0 Å². The van der Waals surface area contributed by atoms with Crippen LogP contribution in [0.15, 0.2) is 35.3 Å². The zero-order valence-corrected chi connectivity index (χ0v) is 11.7. The van der Waals surface area contributed by atoms with Crippen molar-refractivity contribution in [2.75, 3.05) is 26.7 Å². The summed E-state index contributed by atoms with van der Waals surface area (Å²) in [5.74, 6) is 1.08. The molecule has 0 bridgehead atoms. The van der Waals surface area contributed by atoms with E-state index < -0.39 is 0 Å². The number of hydrogen-bond donors (Lipinski definition) is 1. The molecule has 19 heavy (non-hydrogen) atoms. The number of nitrogens with zero attached hydrogens (tertiary/aromatic N) is 2. The Morgan fingerprint density at radius 3 is 2.47 bits per heavy atom. The molecule has 1 saturated heterocycles. The van der Waals surface area contributed by atoms with E-state index in [1.807, 2.05) is 7.05 Å². The van der Waals surface area contributed by atoms with Crippen molar-refractivity contribution < 1.29 is 0 Å². The van der Waals surface area contributed by atoms with E-state index in [0.717, 1.165) is 25.6 Å². The predicted octanol–water partition coefficient (Wildman–Crippen LogP) is 2.39. The monoisotopic (exact) mass is 257 g/mol. The van der Waals surface area contributed by atoms with Gasteiger partial charge in [0.25, 0.3) is 0 Å². The van der Waals surface area contributed by atoms with Crippen LogP contribution in [-0.4, -0.2) is 37.5 Å². The highest BCUT2D eigenvalue weighted by molar-refractivity contribution is 5.80. The average molecular weight is 257 g/mol. The molecule has 0 spiro atoms. The number of likely N-dealkylation sites (tertiary alicyclic amines) is 1. The van der Waals surface area contributed by atoms with Crippen LogP contribution in [0.4, 0.5) is 0 Å². The summed E-state index contributed by atoms with van der Waals surface area (Å²) >= 11 is 0. The number of nitrogens with one attached hydrogen (secondary N) is 1. The number of benzene rings is 1. The van der Waals surface area contributed by atoms with Gasteiger partial charge in [-0.15, -0.1) is 0 Å². The molecule has 1 N–H and O–H groups in total. The third kappa shape index (κ3) is 2.60. The molecule has 1 aliphatic carbocycles. The van der Waals surface area contributed by atoms with Gasteiger partial charge < -0.3 is 10.2 Å². The van der Waals surface area contributed by atoms with Crippen LogP contribution >= 0.6 is 0 Å². The van der Waals surface area contributed by atoms with Gasteiger partial charge in [0.2, 0.25) is 0 Å². The maximum absolute atomic E-state index is 4.43. The van der Waals surface area contributed by atoms with Gasteiger partial charge >= 0.3 is 0 Å². The van der Waals surface area contributed by atoms with Gasteiger partial charge in [-0.05, 0) is 31.2 Å². The maximum Gasteiger partial charge on any atom is 0.193 e. The summed E-state index contributed by atoms with van der Waals surface area (Å²) in [4.78, 5) is 6.80. The van der Waals surface area contributed by atoms with E-state index >= 15 is 0 Å². The summed E-state index contributed by atoms with van der Waals surface area (Å²) in [7, 11) is 1.89. The normalized spacial score (nSPS) is 21.5. The molecular formula is C16H23N3. The fourth-order valence-electron chi connectivity index (χ4n) is 3.02. The van der Waals surface area contributed by atoms with Gasteiger partial charge in [-0.3, -0.25) is 4.99 Å². The molecule has 3 nitrogen and oxygen atoms in total. The first kappa shape index (κ1) is 12.5. The van der Waals surface area contributed by atoms with Crippen molar-refractivity contribution in [3.63, 3.8) is 0 Å². The van der Waals surface area contributed by atoms with E-state index in [2.05, 4.69) is 45.5 Å². The molecule has 0 amide bonds. The minimum atomic E-state index is 0.358. The summed E-state index contributed by atoms with van der Waals surface area (Å²) in [6.45, 7) is 3.32. The molecule has 2 aliphatic rings. The number of aliphatic imine (C=N–C) groups is 1. The van der Waals surface area contributed by atoms with Crippen LogP contribution < -0.4 is 5.32 Å². The highest BCUT2D eigenvalue weighted by atomic mass is 15.3. The Bertz CT molecular complexity index is 442. The van der Waals surface area contributed by atoms with Gasteiger partial charge in [0, 0.05) is 32.1 Å². The number of hydrogen-bond acceptors (Lipinski definition) is 1. The van der Waals surface area contributed by atoms with E-state index in [0.29, 0.717) is 5.41 Å². The molecule has 3 rings (SSSR count). The van der Waals surface area contributed by atoms with Crippen molar-refractivity contribution in [3.8, 4) is 0 Å². The molecular weight excluding hydrogens is 234 g/mol. The maximum atomic E-state index is 4.43. The Morgan fingerprint density at radius 1 is 1.21 bits per heavy atom. The van der Waals surface area contributed by atoms with Crippen molar-refractivity contribution in [1.82, 2.24) is 10.2 Å². The number of guanidine groups is 1. The second-order valence-corrected chi connectivity index (χ2v) is 5.74. The second-order valence-electron chi connectivity index (χ2n) is 5.74.